The summed E-state index contributed by atoms with van der Waals surface area (Å²) in [5.74, 6) is 0.489. The van der Waals surface area contributed by atoms with E-state index >= 15 is 0 Å². The summed E-state index contributed by atoms with van der Waals surface area (Å²) >= 11 is 0. The Morgan fingerprint density at radius 2 is 2.17 bits per heavy atom. The molecule has 1 aliphatic carbocycles. The molecule has 0 radical (unpaired) electrons. The van der Waals surface area contributed by atoms with E-state index < -0.39 is 0 Å². The average molecular weight is 249 g/mol. The first-order valence-corrected chi connectivity index (χ1v) is 6.20. The Hall–Kier alpha value is -1.62. The lowest BCUT2D eigenvalue weighted by Crippen LogP contribution is -2.29. The van der Waals surface area contributed by atoms with Crippen molar-refractivity contribution in [1.29, 1.82) is 5.41 Å². The van der Waals surface area contributed by atoms with Crippen molar-refractivity contribution in [2.75, 3.05) is 7.11 Å². The fourth-order valence-electron chi connectivity index (χ4n) is 2.22. The highest BCUT2D eigenvalue weighted by molar-refractivity contribution is 5.93. The summed E-state index contributed by atoms with van der Waals surface area (Å²) in [7, 11) is 1.74. The van der Waals surface area contributed by atoms with Crippen LogP contribution in [-0.2, 0) is 4.74 Å². The number of nitrogens with one attached hydrogen (secondary N) is 1. The van der Waals surface area contributed by atoms with Gasteiger partial charge in [-0.2, -0.15) is 0 Å². The minimum atomic E-state index is -0.0427. The van der Waals surface area contributed by atoms with E-state index in [0.717, 1.165) is 25.7 Å². The molecule has 98 valence electrons. The van der Waals surface area contributed by atoms with Crippen molar-refractivity contribution in [3.8, 4) is 5.88 Å². The van der Waals surface area contributed by atoms with E-state index in [1.54, 1.807) is 25.3 Å². The molecular formula is C13H19N3O2. The molecule has 3 N–H and O–H groups in total. The van der Waals surface area contributed by atoms with Gasteiger partial charge in [0.05, 0.1) is 6.10 Å². The van der Waals surface area contributed by atoms with E-state index in [0.29, 0.717) is 11.6 Å². The first-order valence-electron chi connectivity index (χ1n) is 6.20. The molecule has 1 aromatic heterocycles. The van der Waals surface area contributed by atoms with Gasteiger partial charge in [0.1, 0.15) is 17.6 Å². The molecule has 5 heteroatoms. The van der Waals surface area contributed by atoms with Crippen molar-refractivity contribution in [2.24, 2.45) is 5.73 Å². The number of nitrogen functional groups attached to an aromatic ring is 1. The second kappa shape index (κ2) is 5.82. The summed E-state index contributed by atoms with van der Waals surface area (Å²) in [6.07, 6.45) is 4.53. The molecule has 0 aromatic carbocycles. The zero-order valence-corrected chi connectivity index (χ0v) is 10.6. The third-order valence-electron chi connectivity index (χ3n) is 3.20. The fraction of sp³-hybridized carbons (Fsp3) is 0.538. The van der Waals surface area contributed by atoms with E-state index in [-0.39, 0.29) is 18.0 Å². The van der Waals surface area contributed by atoms with Crippen LogP contribution >= 0.6 is 0 Å². The van der Waals surface area contributed by atoms with Crippen LogP contribution in [0.2, 0.25) is 0 Å². The Labute approximate surface area is 107 Å². The number of hydrogen-bond acceptors (Lipinski definition) is 4. The number of nitrogens with two attached hydrogens (primary N) is 1. The summed E-state index contributed by atoms with van der Waals surface area (Å²) in [5.41, 5.74) is 5.86. The van der Waals surface area contributed by atoms with Crippen molar-refractivity contribution < 1.29 is 9.47 Å². The number of rotatable bonds is 4. The van der Waals surface area contributed by atoms with Gasteiger partial charge in [-0.3, -0.25) is 5.41 Å². The second-order valence-electron chi connectivity index (χ2n) is 4.54. The summed E-state index contributed by atoms with van der Waals surface area (Å²) in [6, 6.07) is 5.30. The van der Waals surface area contributed by atoms with Crippen molar-refractivity contribution in [3.63, 3.8) is 0 Å². The number of hydrogen-bond donors (Lipinski definition) is 2. The van der Waals surface area contributed by atoms with Crippen LogP contribution in [-0.4, -0.2) is 30.1 Å². The summed E-state index contributed by atoms with van der Waals surface area (Å²) in [6.45, 7) is 0. The summed E-state index contributed by atoms with van der Waals surface area (Å²) < 4.78 is 11.2. The Bertz CT molecular complexity index is 422. The van der Waals surface area contributed by atoms with Crippen LogP contribution in [0.15, 0.2) is 18.2 Å². The smallest absolute Gasteiger partial charge is 0.214 e. The highest BCUT2D eigenvalue weighted by Crippen LogP contribution is 2.24. The van der Waals surface area contributed by atoms with Gasteiger partial charge in [-0.15, -0.1) is 0 Å². The maximum atomic E-state index is 7.35. The summed E-state index contributed by atoms with van der Waals surface area (Å²) in [5, 5.41) is 7.35. The molecule has 2 unspecified atom stereocenters. The van der Waals surface area contributed by atoms with E-state index in [1.165, 1.54) is 0 Å². The molecule has 0 amide bonds. The lowest BCUT2D eigenvalue weighted by molar-refractivity contribution is 0.0195. The largest absolute Gasteiger partial charge is 0.474 e. The molecule has 1 heterocycles. The van der Waals surface area contributed by atoms with Crippen molar-refractivity contribution in [1.82, 2.24) is 4.98 Å². The average Bonchev–Trinajstić information content (AvgIpc) is 2.39. The van der Waals surface area contributed by atoms with Crippen LogP contribution in [0.5, 0.6) is 5.88 Å². The molecule has 0 saturated heterocycles. The van der Waals surface area contributed by atoms with Crippen LogP contribution in [0.25, 0.3) is 0 Å². The maximum Gasteiger partial charge on any atom is 0.214 e. The molecule has 18 heavy (non-hydrogen) atoms. The van der Waals surface area contributed by atoms with Crippen molar-refractivity contribution >= 4 is 5.84 Å². The topological polar surface area (TPSA) is 81.2 Å². The van der Waals surface area contributed by atoms with Gasteiger partial charge in [0.15, 0.2) is 0 Å². The summed E-state index contributed by atoms with van der Waals surface area (Å²) in [4.78, 5) is 4.20. The molecule has 5 nitrogen and oxygen atoms in total. The molecule has 1 saturated carbocycles. The number of methoxy groups -OCH3 is 1. The molecule has 0 bridgehead atoms. The molecular weight excluding hydrogens is 230 g/mol. The number of ether oxygens (including phenoxy) is 2. The Morgan fingerprint density at radius 3 is 2.89 bits per heavy atom. The van der Waals surface area contributed by atoms with Gasteiger partial charge in [0.25, 0.3) is 0 Å². The quantitative estimate of drug-likeness (QED) is 0.628. The fourth-order valence-corrected chi connectivity index (χ4v) is 2.22. The molecule has 1 aromatic rings. The number of aromatic nitrogens is 1. The molecule has 1 aliphatic rings. The van der Waals surface area contributed by atoms with E-state index in [9.17, 15) is 0 Å². The van der Waals surface area contributed by atoms with E-state index in [2.05, 4.69) is 4.98 Å². The minimum absolute atomic E-state index is 0.0427. The zero-order chi connectivity index (χ0) is 13.0. The Morgan fingerprint density at radius 1 is 1.39 bits per heavy atom. The van der Waals surface area contributed by atoms with Gasteiger partial charge >= 0.3 is 0 Å². The van der Waals surface area contributed by atoms with Crippen LogP contribution in [0, 0.1) is 5.41 Å². The monoisotopic (exact) mass is 249 g/mol. The third kappa shape index (κ3) is 3.20. The van der Waals surface area contributed by atoms with Crippen LogP contribution in [0.3, 0.4) is 0 Å². The van der Waals surface area contributed by atoms with E-state index in [4.69, 9.17) is 20.6 Å². The lowest BCUT2D eigenvalue weighted by atomic mass is 9.95. The van der Waals surface area contributed by atoms with Gasteiger partial charge < -0.3 is 15.2 Å². The number of nitrogens with zero attached hydrogens (tertiary/aromatic N) is 1. The Kier molecular flexibility index (Phi) is 4.15. The zero-order valence-electron chi connectivity index (χ0n) is 10.6. The standard InChI is InChI=1S/C13H19N3O2/c1-17-9-4-2-5-10(8-9)18-12-7-3-6-11(16-12)13(14)15/h3,6-7,9-10H,2,4-5,8H2,1H3,(H3,14,15). The first-order chi connectivity index (χ1) is 8.69. The van der Waals surface area contributed by atoms with Crippen molar-refractivity contribution in [3.05, 3.63) is 23.9 Å². The van der Waals surface area contributed by atoms with Gasteiger partial charge in [0, 0.05) is 19.6 Å². The van der Waals surface area contributed by atoms with Crippen LogP contribution in [0.4, 0.5) is 0 Å². The molecule has 2 rings (SSSR count). The van der Waals surface area contributed by atoms with Crippen LogP contribution < -0.4 is 10.5 Å². The van der Waals surface area contributed by atoms with Gasteiger partial charge in [-0.1, -0.05) is 6.07 Å². The maximum absolute atomic E-state index is 7.35. The third-order valence-corrected chi connectivity index (χ3v) is 3.20. The lowest BCUT2D eigenvalue weighted by Gasteiger charge is -2.28. The minimum Gasteiger partial charge on any atom is -0.474 e. The predicted molar refractivity (Wildman–Crippen MR) is 68.9 cm³/mol. The normalized spacial score (nSPS) is 23.6. The highest BCUT2D eigenvalue weighted by atomic mass is 16.5. The van der Waals surface area contributed by atoms with Gasteiger partial charge in [-0.05, 0) is 25.3 Å². The molecule has 0 spiro atoms. The number of amidine groups is 1. The van der Waals surface area contributed by atoms with Crippen LogP contribution in [0.1, 0.15) is 31.4 Å². The predicted octanol–water partition coefficient (Wildman–Crippen LogP) is 1.70. The van der Waals surface area contributed by atoms with Crippen molar-refractivity contribution in [2.45, 2.75) is 37.9 Å². The first kappa shape index (κ1) is 12.8. The molecule has 0 aliphatic heterocycles. The van der Waals surface area contributed by atoms with E-state index in [1.807, 2.05) is 0 Å². The molecule has 2 atom stereocenters. The van der Waals surface area contributed by atoms with Gasteiger partial charge in [-0.25, -0.2) is 4.98 Å². The van der Waals surface area contributed by atoms with Gasteiger partial charge in [0.2, 0.25) is 5.88 Å². The number of pyridine rings is 1. The SMILES string of the molecule is COC1CCCC(Oc2cccc(C(=N)N)n2)C1. The highest BCUT2D eigenvalue weighted by Gasteiger charge is 2.23. The second-order valence-corrected chi connectivity index (χ2v) is 4.54. The Balaban J connectivity index is 2.00. The molecule has 1 fully saturated rings.